The van der Waals surface area contributed by atoms with E-state index in [0.29, 0.717) is 41.3 Å². The molecule has 2 fully saturated rings. The minimum atomic E-state index is -0.505. The lowest BCUT2D eigenvalue weighted by molar-refractivity contribution is -0.118. The molecule has 1 aliphatic carbocycles. The van der Waals surface area contributed by atoms with Crippen molar-refractivity contribution in [3.8, 4) is 27.8 Å². The van der Waals surface area contributed by atoms with Gasteiger partial charge in [0.2, 0.25) is 0 Å². The normalized spacial score (nSPS) is 14.6. The highest BCUT2D eigenvalue weighted by Crippen LogP contribution is 2.39. The van der Waals surface area contributed by atoms with Crippen molar-refractivity contribution in [1.29, 1.82) is 0 Å². The van der Waals surface area contributed by atoms with E-state index in [1.165, 1.54) is 23.6 Å². The Balaban J connectivity index is 0.000000211. The first-order chi connectivity index (χ1) is 23.4. The van der Waals surface area contributed by atoms with Crippen LogP contribution >= 0.6 is 11.3 Å². The summed E-state index contributed by atoms with van der Waals surface area (Å²) < 4.78 is 32.3. The molecule has 0 radical (unpaired) electrons. The number of hydrogen-bond donors (Lipinski definition) is 1. The van der Waals surface area contributed by atoms with Gasteiger partial charge in [-0.15, -0.1) is 11.3 Å². The lowest BCUT2D eigenvalue weighted by Gasteiger charge is -2.26. The number of pyridine rings is 2. The molecular weight excluding hydrogens is 631 g/mol. The summed E-state index contributed by atoms with van der Waals surface area (Å²) in [5.41, 5.74) is 8.95. The number of anilines is 1. The number of morpholine rings is 1. The first-order valence-electron chi connectivity index (χ1n) is 16.0. The van der Waals surface area contributed by atoms with Crippen LogP contribution in [0.5, 0.6) is 17.2 Å². The summed E-state index contributed by atoms with van der Waals surface area (Å²) in [4.78, 5) is 34.8. The molecule has 3 aromatic heterocycles. The second-order valence-corrected chi connectivity index (χ2v) is 12.9. The number of Topliss-reactive ketones (excluding diaryl/α,β-unsaturated/α-hetero) is 1. The van der Waals surface area contributed by atoms with E-state index >= 15 is 0 Å². The van der Waals surface area contributed by atoms with Gasteiger partial charge in [-0.2, -0.15) is 0 Å². The van der Waals surface area contributed by atoms with Crippen LogP contribution in [-0.4, -0.2) is 66.4 Å². The SMILES string of the molecule is Nc1ccc(OCCN2CCOCC2)cc1.O=Cc1ccc(-c2cc3nccc(Oc4ccc(CC(=O)CC5CC5)cc4F)c3s2)nc1. The average Bonchev–Trinajstić information content (AvgIpc) is 3.81. The highest BCUT2D eigenvalue weighted by molar-refractivity contribution is 7.22. The molecule has 9 nitrogen and oxygen atoms in total. The van der Waals surface area contributed by atoms with E-state index in [2.05, 4.69) is 14.9 Å². The number of rotatable bonds is 12. The number of aromatic nitrogens is 2. The number of nitrogen functional groups attached to an aromatic ring is 1. The Morgan fingerprint density at radius 1 is 1.02 bits per heavy atom. The van der Waals surface area contributed by atoms with Crippen molar-refractivity contribution in [2.45, 2.75) is 25.7 Å². The summed E-state index contributed by atoms with van der Waals surface area (Å²) in [7, 11) is 0. The summed E-state index contributed by atoms with van der Waals surface area (Å²) in [5, 5.41) is 0. The first kappa shape index (κ1) is 33.2. The maximum absolute atomic E-state index is 14.7. The molecule has 0 bridgehead atoms. The van der Waals surface area contributed by atoms with Crippen LogP contribution < -0.4 is 15.2 Å². The number of carbonyl (C=O) groups excluding carboxylic acids is 2. The molecule has 7 rings (SSSR count). The quantitative estimate of drug-likeness (QED) is 0.111. The molecule has 248 valence electrons. The third-order valence-electron chi connectivity index (χ3n) is 8.04. The van der Waals surface area contributed by atoms with Crippen LogP contribution in [0.3, 0.4) is 0 Å². The highest BCUT2D eigenvalue weighted by Gasteiger charge is 2.24. The zero-order chi connectivity index (χ0) is 33.3. The number of benzene rings is 2. The molecule has 0 amide bonds. The summed E-state index contributed by atoms with van der Waals surface area (Å²) in [5.74, 6) is 1.64. The number of fused-ring (bicyclic) bond motifs is 1. The van der Waals surface area contributed by atoms with E-state index in [1.807, 2.05) is 30.3 Å². The molecule has 2 aliphatic rings. The van der Waals surface area contributed by atoms with Crippen LogP contribution in [0.25, 0.3) is 20.8 Å². The lowest BCUT2D eigenvalue weighted by Crippen LogP contribution is -2.38. The fourth-order valence-electron chi connectivity index (χ4n) is 5.22. The van der Waals surface area contributed by atoms with E-state index in [9.17, 15) is 14.0 Å². The highest BCUT2D eigenvalue weighted by atomic mass is 32.1. The minimum absolute atomic E-state index is 0.0966. The third-order valence-corrected chi connectivity index (χ3v) is 9.20. The number of ketones is 1. The van der Waals surface area contributed by atoms with Gasteiger partial charge in [-0.1, -0.05) is 6.07 Å². The van der Waals surface area contributed by atoms with Crippen molar-refractivity contribution in [2.75, 3.05) is 45.2 Å². The summed E-state index contributed by atoms with van der Waals surface area (Å²) in [6, 6.07) is 19.2. The third kappa shape index (κ3) is 9.21. The smallest absolute Gasteiger partial charge is 0.166 e. The molecule has 48 heavy (non-hydrogen) atoms. The van der Waals surface area contributed by atoms with Gasteiger partial charge in [-0.05, 0) is 78.9 Å². The van der Waals surface area contributed by atoms with Gasteiger partial charge in [0.1, 0.15) is 23.9 Å². The van der Waals surface area contributed by atoms with Crippen molar-refractivity contribution in [3.05, 3.63) is 96.1 Å². The van der Waals surface area contributed by atoms with Gasteiger partial charge in [0.15, 0.2) is 17.9 Å². The molecule has 5 aromatic rings. The van der Waals surface area contributed by atoms with Gasteiger partial charge in [-0.3, -0.25) is 24.5 Å². The largest absolute Gasteiger partial charge is 0.492 e. The molecular formula is C37H37FN4O5S. The Kier molecular flexibility index (Phi) is 11.0. The van der Waals surface area contributed by atoms with Crippen molar-refractivity contribution < 1.29 is 28.2 Å². The van der Waals surface area contributed by atoms with Crippen molar-refractivity contribution >= 4 is 39.3 Å². The molecule has 0 unspecified atom stereocenters. The maximum atomic E-state index is 14.7. The summed E-state index contributed by atoms with van der Waals surface area (Å²) in [6.45, 7) is 5.34. The van der Waals surface area contributed by atoms with E-state index in [-0.39, 0.29) is 18.0 Å². The van der Waals surface area contributed by atoms with Crippen LogP contribution in [0.1, 0.15) is 35.2 Å². The van der Waals surface area contributed by atoms with Crippen LogP contribution in [-0.2, 0) is 16.0 Å². The minimum Gasteiger partial charge on any atom is -0.492 e. The van der Waals surface area contributed by atoms with Crippen LogP contribution in [0.15, 0.2) is 79.1 Å². The number of thiophene rings is 1. The Morgan fingerprint density at radius 2 is 1.83 bits per heavy atom. The van der Waals surface area contributed by atoms with Crippen molar-refractivity contribution in [2.24, 2.45) is 5.92 Å². The average molecular weight is 669 g/mol. The number of aldehydes is 1. The Morgan fingerprint density at radius 3 is 2.54 bits per heavy atom. The van der Waals surface area contributed by atoms with Gasteiger partial charge < -0.3 is 19.9 Å². The second kappa shape index (κ2) is 15.9. The fourth-order valence-corrected chi connectivity index (χ4v) is 6.27. The number of halogens is 1. The van der Waals surface area contributed by atoms with Gasteiger partial charge in [-0.25, -0.2) is 4.39 Å². The zero-order valence-electron chi connectivity index (χ0n) is 26.5. The van der Waals surface area contributed by atoms with E-state index in [1.54, 1.807) is 36.5 Å². The molecule has 2 N–H and O–H groups in total. The van der Waals surface area contributed by atoms with E-state index < -0.39 is 5.82 Å². The predicted molar refractivity (Wildman–Crippen MR) is 184 cm³/mol. The molecule has 1 saturated carbocycles. The van der Waals surface area contributed by atoms with E-state index in [4.69, 9.17) is 19.9 Å². The summed E-state index contributed by atoms with van der Waals surface area (Å²) in [6.07, 6.45) is 6.96. The predicted octanol–water partition coefficient (Wildman–Crippen LogP) is 6.99. The zero-order valence-corrected chi connectivity index (χ0v) is 27.3. The Bertz CT molecular complexity index is 1840. The van der Waals surface area contributed by atoms with Gasteiger partial charge in [0.05, 0.1) is 34.0 Å². The van der Waals surface area contributed by atoms with Gasteiger partial charge in [0, 0.05) is 62.2 Å². The monoisotopic (exact) mass is 668 g/mol. The Hall–Kier alpha value is -4.71. The fraction of sp³-hybridized carbons (Fsp3) is 0.297. The second-order valence-electron chi connectivity index (χ2n) is 11.8. The lowest BCUT2D eigenvalue weighted by atomic mass is 10.0. The molecule has 1 aliphatic heterocycles. The van der Waals surface area contributed by atoms with Gasteiger partial charge >= 0.3 is 0 Å². The van der Waals surface area contributed by atoms with Crippen LogP contribution in [0, 0.1) is 11.7 Å². The molecule has 0 spiro atoms. The number of nitrogens with two attached hydrogens (primary N) is 1. The number of carbonyl (C=O) groups is 2. The standard InChI is InChI=1S/C25H19FN2O3S.C12H18N2O2/c26-19-11-16(10-18(30)9-15-1-2-15)4-6-22(19)31-23-7-8-27-21-12-24(32-25(21)23)20-5-3-17(14-29)13-28-20;13-11-1-3-12(4-2-11)16-10-7-14-5-8-15-9-6-14/h3-8,11-15H,1-2,9-10H2;1-4H,5-10,13H2. The van der Waals surface area contributed by atoms with Crippen LogP contribution in [0.4, 0.5) is 10.1 Å². The molecule has 0 atom stereocenters. The van der Waals surface area contributed by atoms with Crippen LogP contribution in [0.2, 0.25) is 0 Å². The molecule has 1 saturated heterocycles. The first-order valence-corrected chi connectivity index (χ1v) is 16.8. The molecule has 4 heterocycles. The van der Waals surface area contributed by atoms with Gasteiger partial charge in [0.25, 0.3) is 0 Å². The Labute approximate surface area is 282 Å². The molecule has 11 heteroatoms. The molecule has 2 aromatic carbocycles. The van der Waals surface area contributed by atoms with Crippen molar-refractivity contribution in [3.63, 3.8) is 0 Å². The number of nitrogens with zero attached hydrogens (tertiary/aromatic N) is 3. The summed E-state index contributed by atoms with van der Waals surface area (Å²) >= 11 is 1.43. The maximum Gasteiger partial charge on any atom is 0.166 e. The van der Waals surface area contributed by atoms with E-state index in [0.717, 1.165) is 78.7 Å². The van der Waals surface area contributed by atoms with Crippen molar-refractivity contribution in [1.82, 2.24) is 14.9 Å². The number of ether oxygens (including phenoxy) is 3. The topological polar surface area (TPSA) is 117 Å². The number of hydrogen-bond acceptors (Lipinski definition) is 10.